The standard InChI is InChI=1S/C17H22N6O2/c1-22-10-21-13-8-23(14-5-15(25-2)20-9-19-14)7-12(16(13)22)17(24)18-6-11-3-4-11/h5,9-12H,3-4,6-8H2,1-2H3,(H,18,24)/t12-/m1/s1. The molecule has 1 aliphatic heterocycles. The van der Waals surface area contributed by atoms with Gasteiger partial charge in [0.1, 0.15) is 12.1 Å². The number of nitrogens with one attached hydrogen (secondary N) is 1. The van der Waals surface area contributed by atoms with E-state index in [1.165, 1.54) is 19.2 Å². The molecule has 1 atom stereocenters. The number of nitrogens with zero attached hydrogens (tertiary/aromatic N) is 5. The van der Waals surface area contributed by atoms with E-state index in [1.807, 2.05) is 11.6 Å². The molecular weight excluding hydrogens is 320 g/mol. The van der Waals surface area contributed by atoms with Crippen LogP contribution < -0.4 is 15.0 Å². The topological polar surface area (TPSA) is 85.2 Å². The van der Waals surface area contributed by atoms with Crippen molar-refractivity contribution in [3.8, 4) is 5.88 Å². The van der Waals surface area contributed by atoms with Gasteiger partial charge in [-0.2, -0.15) is 0 Å². The van der Waals surface area contributed by atoms with E-state index in [2.05, 4.69) is 25.2 Å². The minimum absolute atomic E-state index is 0.0578. The first kappa shape index (κ1) is 15.9. The minimum atomic E-state index is -0.268. The lowest BCUT2D eigenvalue weighted by molar-refractivity contribution is -0.122. The summed E-state index contributed by atoms with van der Waals surface area (Å²) < 4.78 is 7.14. The highest BCUT2D eigenvalue weighted by atomic mass is 16.5. The number of hydrogen-bond acceptors (Lipinski definition) is 6. The van der Waals surface area contributed by atoms with Gasteiger partial charge in [-0.3, -0.25) is 4.79 Å². The second-order valence-corrected chi connectivity index (χ2v) is 6.73. The predicted octanol–water partition coefficient (Wildman–Crippen LogP) is 0.849. The molecule has 1 saturated carbocycles. The molecule has 25 heavy (non-hydrogen) atoms. The van der Waals surface area contributed by atoms with Gasteiger partial charge in [0.2, 0.25) is 11.8 Å². The zero-order chi connectivity index (χ0) is 17.4. The molecule has 0 unspecified atom stereocenters. The first-order valence-electron chi connectivity index (χ1n) is 8.54. The molecule has 8 nitrogen and oxygen atoms in total. The molecule has 8 heteroatoms. The quantitative estimate of drug-likeness (QED) is 0.867. The molecule has 0 saturated heterocycles. The van der Waals surface area contributed by atoms with Gasteiger partial charge in [-0.15, -0.1) is 0 Å². The number of amides is 1. The lowest BCUT2D eigenvalue weighted by Gasteiger charge is -2.33. The van der Waals surface area contributed by atoms with Gasteiger partial charge in [0.15, 0.2) is 0 Å². The van der Waals surface area contributed by atoms with Crippen LogP contribution in [-0.2, 0) is 18.4 Å². The third kappa shape index (κ3) is 3.16. The van der Waals surface area contributed by atoms with Gasteiger partial charge in [-0.1, -0.05) is 0 Å². The van der Waals surface area contributed by atoms with E-state index < -0.39 is 0 Å². The fourth-order valence-electron chi connectivity index (χ4n) is 3.30. The third-order valence-corrected chi connectivity index (χ3v) is 4.88. The van der Waals surface area contributed by atoms with Crippen LogP contribution in [0.4, 0.5) is 5.82 Å². The Bertz CT molecular complexity index is 785. The van der Waals surface area contributed by atoms with E-state index in [4.69, 9.17) is 4.74 Å². The maximum atomic E-state index is 12.8. The van der Waals surface area contributed by atoms with Crippen molar-refractivity contribution in [2.45, 2.75) is 25.3 Å². The maximum Gasteiger partial charge on any atom is 0.230 e. The Hall–Kier alpha value is -2.64. The van der Waals surface area contributed by atoms with Crippen LogP contribution in [0, 0.1) is 5.92 Å². The Kier molecular flexibility index (Phi) is 4.03. The molecule has 4 rings (SSSR count). The summed E-state index contributed by atoms with van der Waals surface area (Å²) in [4.78, 5) is 27.7. The number of imidazole rings is 1. The Morgan fingerprint density at radius 2 is 2.20 bits per heavy atom. The largest absolute Gasteiger partial charge is 0.481 e. The Labute approximate surface area is 146 Å². The van der Waals surface area contributed by atoms with Gasteiger partial charge in [-0.05, 0) is 18.8 Å². The summed E-state index contributed by atoms with van der Waals surface area (Å²) in [6, 6.07) is 1.78. The smallest absolute Gasteiger partial charge is 0.230 e. The summed E-state index contributed by atoms with van der Waals surface area (Å²) in [6.45, 7) is 1.94. The van der Waals surface area contributed by atoms with Crippen LogP contribution in [0.25, 0.3) is 0 Å². The van der Waals surface area contributed by atoms with Crippen LogP contribution in [0.15, 0.2) is 18.7 Å². The second kappa shape index (κ2) is 6.34. The molecule has 0 aromatic carbocycles. The van der Waals surface area contributed by atoms with Crippen molar-refractivity contribution in [2.24, 2.45) is 13.0 Å². The minimum Gasteiger partial charge on any atom is -0.481 e. The molecule has 1 aliphatic carbocycles. The first-order valence-corrected chi connectivity index (χ1v) is 8.54. The van der Waals surface area contributed by atoms with E-state index in [0.717, 1.165) is 23.8 Å². The number of carbonyl (C=O) groups is 1. The van der Waals surface area contributed by atoms with Crippen LogP contribution in [0.2, 0.25) is 0 Å². The summed E-state index contributed by atoms with van der Waals surface area (Å²) in [7, 11) is 3.52. The summed E-state index contributed by atoms with van der Waals surface area (Å²) in [5.41, 5.74) is 1.91. The monoisotopic (exact) mass is 342 g/mol. The third-order valence-electron chi connectivity index (χ3n) is 4.88. The Balaban J connectivity index is 1.60. The molecule has 0 radical (unpaired) electrons. The predicted molar refractivity (Wildman–Crippen MR) is 91.3 cm³/mol. The van der Waals surface area contributed by atoms with Crippen molar-refractivity contribution in [2.75, 3.05) is 25.1 Å². The summed E-state index contributed by atoms with van der Waals surface area (Å²) in [5.74, 6) is 1.69. The molecule has 2 aromatic rings. The zero-order valence-electron chi connectivity index (χ0n) is 14.5. The second-order valence-electron chi connectivity index (χ2n) is 6.73. The van der Waals surface area contributed by atoms with Gasteiger partial charge >= 0.3 is 0 Å². The zero-order valence-corrected chi connectivity index (χ0v) is 14.5. The van der Waals surface area contributed by atoms with E-state index in [0.29, 0.717) is 24.9 Å². The van der Waals surface area contributed by atoms with E-state index in [-0.39, 0.29) is 11.8 Å². The van der Waals surface area contributed by atoms with Crippen molar-refractivity contribution in [3.63, 3.8) is 0 Å². The summed E-state index contributed by atoms with van der Waals surface area (Å²) in [6.07, 6.45) is 5.68. The van der Waals surface area contributed by atoms with Crippen LogP contribution in [0.3, 0.4) is 0 Å². The van der Waals surface area contributed by atoms with E-state index in [9.17, 15) is 4.79 Å². The lowest BCUT2D eigenvalue weighted by atomic mass is 9.97. The van der Waals surface area contributed by atoms with Gasteiger partial charge < -0.3 is 19.5 Å². The fraction of sp³-hybridized carbons (Fsp3) is 0.529. The molecule has 0 bridgehead atoms. The number of methoxy groups -OCH3 is 1. The lowest BCUT2D eigenvalue weighted by Crippen LogP contribution is -2.43. The molecule has 0 spiro atoms. The van der Waals surface area contributed by atoms with Crippen molar-refractivity contribution in [1.82, 2.24) is 24.8 Å². The highest BCUT2D eigenvalue weighted by Gasteiger charge is 2.35. The maximum absolute atomic E-state index is 12.8. The van der Waals surface area contributed by atoms with Crippen LogP contribution in [-0.4, -0.2) is 45.6 Å². The molecule has 3 heterocycles. The van der Waals surface area contributed by atoms with E-state index >= 15 is 0 Å². The molecule has 1 N–H and O–H groups in total. The molecular formula is C17H22N6O2. The van der Waals surface area contributed by atoms with Crippen molar-refractivity contribution in [1.29, 1.82) is 0 Å². The van der Waals surface area contributed by atoms with Gasteiger partial charge in [-0.25, -0.2) is 15.0 Å². The molecule has 1 amide bonds. The van der Waals surface area contributed by atoms with Crippen molar-refractivity contribution >= 4 is 11.7 Å². The van der Waals surface area contributed by atoms with Gasteiger partial charge in [0.05, 0.1) is 37.3 Å². The Morgan fingerprint density at radius 1 is 1.36 bits per heavy atom. The number of aryl methyl sites for hydroxylation is 1. The number of hydrogen-bond donors (Lipinski definition) is 1. The average molecular weight is 342 g/mol. The van der Waals surface area contributed by atoms with E-state index in [1.54, 1.807) is 19.5 Å². The van der Waals surface area contributed by atoms with Crippen molar-refractivity contribution < 1.29 is 9.53 Å². The summed E-state index contributed by atoms with van der Waals surface area (Å²) in [5, 5.41) is 3.10. The highest BCUT2D eigenvalue weighted by Crippen LogP contribution is 2.32. The highest BCUT2D eigenvalue weighted by molar-refractivity contribution is 5.84. The number of carbonyl (C=O) groups excluding carboxylic acids is 1. The van der Waals surface area contributed by atoms with Gasteiger partial charge in [0.25, 0.3) is 0 Å². The van der Waals surface area contributed by atoms with Crippen LogP contribution >= 0.6 is 0 Å². The van der Waals surface area contributed by atoms with Gasteiger partial charge in [0, 0.05) is 26.2 Å². The number of rotatable bonds is 5. The van der Waals surface area contributed by atoms with Crippen LogP contribution in [0.5, 0.6) is 5.88 Å². The molecule has 2 aromatic heterocycles. The van der Waals surface area contributed by atoms with Crippen LogP contribution in [0.1, 0.15) is 30.1 Å². The normalized spacial score (nSPS) is 19.4. The molecule has 2 aliphatic rings. The molecule has 132 valence electrons. The molecule has 1 fully saturated rings. The number of anilines is 1. The fourth-order valence-corrected chi connectivity index (χ4v) is 3.30. The average Bonchev–Trinajstić information content (AvgIpc) is 3.41. The Morgan fingerprint density at radius 3 is 2.96 bits per heavy atom. The summed E-state index contributed by atoms with van der Waals surface area (Å²) >= 11 is 0. The number of fused-ring (bicyclic) bond motifs is 1. The SMILES string of the molecule is COc1cc(N2Cc3ncn(C)c3[C@H](C(=O)NCC3CC3)C2)ncn1. The number of aromatic nitrogens is 4. The van der Waals surface area contributed by atoms with Crippen molar-refractivity contribution in [3.05, 3.63) is 30.1 Å². The number of ether oxygens (including phenoxy) is 1. The first-order chi connectivity index (χ1) is 12.2.